The van der Waals surface area contributed by atoms with Crippen molar-refractivity contribution in [2.24, 2.45) is 5.16 Å². The van der Waals surface area contributed by atoms with Gasteiger partial charge in [0.2, 0.25) is 0 Å². The summed E-state index contributed by atoms with van der Waals surface area (Å²) in [5, 5.41) is 22.3. The van der Waals surface area contributed by atoms with Gasteiger partial charge in [0.15, 0.2) is 11.5 Å². The number of hydrogen-bond acceptors (Lipinski definition) is 6. The van der Waals surface area contributed by atoms with Gasteiger partial charge in [-0.15, -0.1) is 0 Å². The molecule has 6 nitrogen and oxygen atoms in total. The van der Waals surface area contributed by atoms with Crippen molar-refractivity contribution in [3.05, 3.63) is 93.5 Å². The summed E-state index contributed by atoms with van der Waals surface area (Å²) in [6, 6.07) is 17.6. The third-order valence-corrected chi connectivity index (χ3v) is 5.33. The second-order valence-corrected chi connectivity index (χ2v) is 7.51. The molecule has 1 heterocycles. The molecule has 1 N–H and O–H groups in total. The van der Waals surface area contributed by atoms with Gasteiger partial charge in [0.05, 0.1) is 10.9 Å². The SMILES string of the molecule is O=C(Cc1nonc1C(Cc1ccc(F)c(Br)c1)=NO)c1cccc2ccccc12. The Morgan fingerprint density at radius 1 is 1.07 bits per heavy atom. The molecule has 30 heavy (non-hydrogen) atoms. The average molecular weight is 468 g/mol. The number of halogens is 2. The Hall–Kier alpha value is -3.39. The second kappa shape index (κ2) is 8.54. The van der Waals surface area contributed by atoms with Crippen LogP contribution in [0.15, 0.2) is 74.9 Å². The zero-order chi connectivity index (χ0) is 21.1. The van der Waals surface area contributed by atoms with E-state index < -0.39 is 5.82 Å². The Kier molecular flexibility index (Phi) is 5.67. The predicted molar refractivity (Wildman–Crippen MR) is 112 cm³/mol. The van der Waals surface area contributed by atoms with E-state index in [-0.39, 0.29) is 35.7 Å². The fourth-order valence-electron chi connectivity index (χ4n) is 3.27. The van der Waals surface area contributed by atoms with Crippen LogP contribution >= 0.6 is 15.9 Å². The van der Waals surface area contributed by atoms with E-state index in [9.17, 15) is 14.4 Å². The van der Waals surface area contributed by atoms with E-state index in [4.69, 9.17) is 4.63 Å². The van der Waals surface area contributed by atoms with E-state index in [1.807, 2.05) is 36.4 Å². The van der Waals surface area contributed by atoms with Crippen molar-refractivity contribution in [1.29, 1.82) is 0 Å². The third kappa shape index (κ3) is 3.99. The standard InChI is InChI=1S/C22H15BrFN3O3/c23-17-10-13(8-9-18(17)24)11-19(25-29)22-20(26-30-27-22)12-21(28)16-7-3-5-14-4-1-2-6-15(14)16/h1-10,29H,11-12H2. The Morgan fingerprint density at radius 2 is 1.87 bits per heavy atom. The lowest BCUT2D eigenvalue weighted by Crippen LogP contribution is -2.12. The van der Waals surface area contributed by atoms with Crippen LogP contribution in [0.2, 0.25) is 0 Å². The monoisotopic (exact) mass is 467 g/mol. The number of fused-ring (bicyclic) bond motifs is 1. The van der Waals surface area contributed by atoms with Crippen LogP contribution in [-0.4, -0.2) is 27.0 Å². The van der Waals surface area contributed by atoms with E-state index in [2.05, 4.69) is 31.4 Å². The molecule has 0 radical (unpaired) electrons. The summed E-state index contributed by atoms with van der Waals surface area (Å²) < 4.78 is 18.6. The minimum atomic E-state index is -0.397. The summed E-state index contributed by atoms with van der Waals surface area (Å²) in [4.78, 5) is 13.0. The molecule has 1 aromatic heterocycles. The van der Waals surface area contributed by atoms with Crippen molar-refractivity contribution >= 4 is 38.2 Å². The maximum absolute atomic E-state index is 13.5. The number of oxime groups is 1. The van der Waals surface area contributed by atoms with Gasteiger partial charge in [-0.25, -0.2) is 9.02 Å². The number of carbonyl (C=O) groups is 1. The Bertz CT molecular complexity index is 1260. The molecular weight excluding hydrogens is 453 g/mol. The summed E-state index contributed by atoms with van der Waals surface area (Å²) in [6.45, 7) is 0. The van der Waals surface area contributed by atoms with E-state index in [0.29, 0.717) is 15.6 Å². The highest BCUT2D eigenvalue weighted by Gasteiger charge is 2.21. The van der Waals surface area contributed by atoms with Crippen LogP contribution in [-0.2, 0) is 12.8 Å². The first-order chi connectivity index (χ1) is 14.6. The lowest BCUT2D eigenvalue weighted by Gasteiger charge is -2.06. The van der Waals surface area contributed by atoms with Gasteiger partial charge in [-0.1, -0.05) is 58.8 Å². The molecule has 0 bridgehead atoms. The molecule has 0 aliphatic heterocycles. The van der Waals surface area contributed by atoms with E-state index in [0.717, 1.165) is 10.8 Å². The molecule has 4 aromatic rings. The first kappa shape index (κ1) is 19.9. The van der Waals surface area contributed by atoms with Crippen LogP contribution in [0.25, 0.3) is 10.8 Å². The van der Waals surface area contributed by atoms with Gasteiger partial charge in [0.1, 0.15) is 17.2 Å². The van der Waals surface area contributed by atoms with E-state index in [1.165, 1.54) is 6.07 Å². The molecule has 0 fully saturated rings. The first-order valence-corrected chi connectivity index (χ1v) is 9.83. The summed E-state index contributed by atoms with van der Waals surface area (Å²) in [7, 11) is 0. The Labute approximate surface area is 179 Å². The van der Waals surface area contributed by atoms with Gasteiger partial charge in [-0.2, -0.15) is 0 Å². The van der Waals surface area contributed by atoms with Crippen LogP contribution < -0.4 is 0 Å². The van der Waals surface area contributed by atoms with Crippen LogP contribution in [0, 0.1) is 5.82 Å². The van der Waals surface area contributed by atoms with Crippen molar-refractivity contribution in [2.45, 2.75) is 12.8 Å². The van der Waals surface area contributed by atoms with Crippen molar-refractivity contribution in [3.63, 3.8) is 0 Å². The fraction of sp³-hybridized carbons (Fsp3) is 0.0909. The van der Waals surface area contributed by atoms with Gasteiger partial charge >= 0.3 is 0 Å². The maximum Gasteiger partial charge on any atom is 0.169 e. The normalized spacial score (nSPS) is 11.7. The van der Waals surface area contributed by atoms with Crippen LogP contribution in [0.4, 0.5) is 4.39 Å². The quantitative estimate of drug-likeness (QED) is 0.187. The van der Waals surface area contributed by atoms with Gasteiger partial charge in [-0.3, -0.25) is 4.79 Å². The largest absolute Gasteiger partial charge is 0.411 e. The molecular formula is C22H15BrFN3O3. The molecule has 0 atom stereocenters. The number of rotatable bonds is 6. The molecule has 3 aromatic carbocycles. The lowest BCUT2D eigenvalue weighted by atomic mass is 9.97. The Morgan fingerprint density at radius 3 is 2.67 bits per heavy atom. The van der Waals surface area contributed by atoms with Crippen LogP contribution in [0.5, 0.6) is 0 Å². The van der Waals surface area contributed by atoms with E-state index in [1.54, 1.807) is 18.2 Å². The van der Waals surface area contributed by atoms with E-state index >= 15 is 0 Å². The molecule has 4 rings (SSSR count). The van der Waals surface area contributed by atoms with Crippen molar-refractivity contribution in [2.75, 3.05) is 0 Å². The lowest BCUT2D eigenvalue weighted by molar-refractivity contribution is 0.0992. The minimum Gasteiger partial charge on any atom is -0.411 e. The number of nitrogens with zero attached hydrogens (tertiary/aromatic N) is 3. The number of hydrogen-bond donors (Lipinski definition) is 1. The highest BCUT2D eigenvalue weighted by molar-refractivity contribution is 9.10. The van der Waals surface area contributed by atoms with Gasteiger partial charge in [0, 0.05) is 12.0 Å². The van der Waals surface area contributed by atoms with Crippen LogP contribution in [0.1, 0.15) is 27.3 Å². The van der Waals surface area contributed by atoms with Crippen molar-refractivity contribution in [1.82, 2.24) is 10.3 Å². The van der Waals surface area contributed by atoms with Gasteiger partial charge in [-0.05, 0) is 49.6 Å². The van der Waals surface area contributed by atoms with Gasteiger partial charge in [0.25, 0.3) is 0 Å². The summed E-state index contributed by atoms with van der Waals surface area (Å²) in [5.41, 5.74) is 1.86. The fourth-order valence-corrected chi connectivity index (χ4v) is 3.69. The van der Waals surface area contributed by atoms with Crippen molar-refractivity contribution in [3.8, 4) is 0 Å². The first-order valence-electron chi connectivity index (χ1n) is 9.04. The predicted octanol–water partition coefficient (Wildman–Crippen LogP) is 4.97. The number of carbonyl (C=O) groups excluding carboxylic acids is 1. The molecule has 0 unspecified atom stereocenters. The van der Waals surface area contributed by atoms with Crippen LogP contribution in [0.3, 0.4) is 0 Å². The molecule has 0 amide bonds. The highest BCUT2D eigenvalue weighted by atomic mass is 79.9. The third-order valence-electron chi connectivity index (χ3n) is 4.72. The molecule has 150 valence electrons. The topological polar surface area (TPSA) is 88.6 Å². The number of benzene rings is 3. The summed E-state index contributed by atoms with van der Waals surface area (Å²) in [5.74, 6) is -0.559. The zero-order valence-corrected chi connectivity index (χ0v) is 17.1. The molecule has 0 saturated heterocycles. The number of Topliss-reactive ketones (excluding diaryl/α,β-unsaturated/α-hetero) is 1. The number of aromatic nitrogens is 2. The summed E-state index contributed by atoms with van der Waals surface area (Å²) >= 11 is 3.13. The smallest absolute Gasteiger partial charge is 0.169 e. The summed E-state index contributed by atoms with van der Waals surface area (Å²) in [6.07, 6.45) is 0.0814. The Balaban J connectivity index is 1.60. The average Bonchev–Trinajstić information content (AvgIpc) is 3.21. The van der Waals surface area contributed by atoms with Crippen molar-refractivity contribution < 1.29 is 19.0 Å². The number of ketones is 1. The van der Waals surface area contributed by atoms with Gasteiger partial charge < -0.3 is 5.21 Å². The second-order valence-electron chi connectivity index (χ2n) is 6.66. The molecule has 0 aliphatic rings. The maximum atomic E-state index is 13.5. The zero-order valence-electron chi connectivity index (χ0n) is 15.5. The molecule has 8 heteroatoms. The molecule has 0 aliphatic carbocycles. The molecule has 0 saturated carbocycles. The highest BCUT2D eigenvalue weighted by Crippen LogP contribution is 2.22. The minimum absolute atomic E-state index is 0.0705. The molecule has 0 spiro atoms.